The van der Waals surface area contributed by atoms with E-state index in [-0.39, 0.29) is 0 Å². The minimum Gasteiger partial charge on any atom is -0.455 e. The molecule has 0 fully saturated rings. The van der Waals surface area contributed by atoms with Gasteiger partial charge >= 0.3 is 0 Å². The van der Waals surface area contributed by atoms with Crippen molar-refractivity contribution in [2.75, 3.05) is 0 Å². The maximum Gasteiger partial charge on any atom is 0.160 e. The van der Waals surface area contributed by atoms with Crippen LogP contribution in [0.15, 0.2) is 211 Å². The van der Waals surface area contributed by atoms with Crippen molar-refractivity contribution in [2.24, 2.45) is 0 Å². The average Bonchev–Trinajstić information content (AvgIpc) is 3.91. The van der Waals surface area contributed by atoms with E-state index >= 15 is 0 Å². The highest BCUT2D eigenvalue weighted by molar-refractivity contribution is 7.26. The van der Waals surface area contributed by atoms with Gasteiger partial charge in [-0.2, -0.15) is 0 Å². The molecule has 12 aromatic rings. The molecule has 0 atom stereocenters. The topological polar surface area (TPSA) is 38.9 Å². The lowest BCUT2D eigenvalue weighted by atomic mass is 9.92. The molecule has 4 heteroatoms. The van der Waals surface area contributed by atoms with E-state index in [4.69, 9.17) is 14.4 Å². The maximum absolute atomic E-state index is 6.65. The summed E-state index contributed by atoms with van der Waals surface area (Å²) in [5.41, 5.74) is 14.7. The number of thiophene rings is 1. The predicted octanol–water partition coefficient (Wildman–Crippen LogP) is 15.9. The van der Waals surface area contributed by atoms with Crippen LogP contribution in [0.2, 0.25) is 0 Å². The van der Waals surface area contributed by atoms with Crippen molar-refractivity contribution >= 4 is 64.4 Å². The first-order valence-electron chi connectivity index (χ1n) is 20.2. The zero-order chi connectivity index (χ0) is 39.6. The zero-order valence-electron chi connectivity index (χ0n) is 32.3. The van der Waals surface area contributed by atoms with Crippen molar-refractivity contribution in [3.8, 4) is 67.2 Å². The number of hydrogen-bond donors (Lipinski definition) is 0. The summed E-state index contributed by atoms with van der Waals surface area (Å²) in [4.78, 5) is 10.8. The molecule has 3 heterocycles. The molecule has 60 heavy (non-hydrogen) atoms. The van der Waals surface area contributed by atoms with E-state index in [1.807, 2.05) is 23.5 Å². The fourth-order valence-corrected chi connectivity index (χ4v) is 9.92. The SMILES string of the molecule is c1ccc(-c2cc(-c3ccccc3)cc(-c3cccc(-c4cccc(-c5nc(-c6cccc7c6oc6ccccc67)c6c(ccc7sc8ccccc8c76)n5)c4)c3)c2)cc1. The molecular weight excluding hydrogens is 749 g/mol. The van der Waals surface area contributed by atoms with Gasteiger partial charge in [-0.1, -0.05) is 146 Å². The van der Waals surface area contributed by atoms with Gasteiger partial charge in [-0.3, -0.25) is 0 Å². The first kappa shape index (κ1) is 34.4. The number of benzene rings is 9. The fourth-order valence-electron chi connectivity index (χ4n) is 8.80. The number of fused-ring (bicyclic) bond motifs is 8. The smallest absolute Gasteiger partial charge is 0.160 e. The summed E-state index contributed by atoms with van der Waals surface area (Å²) in [6.07, 6.45) is 0. The second kappa shape index (κ2) is 14.0. The number of hydrogen-bond acceptors (Lipinski definition) is 4. The summed E-state index contributed by atoms with van der Waals surface area (Å²) in [7, 11) is 0. The van der Waals surface area contributed by atoms with Gasteiger partial charge < -0.3 is 4.42 Å². The van der Waals surface area contributed by atoms with Crippen LogP contribution in [-0.4, -0.2) is 9.97 Å². The molecule has 0 unspecified atom stereocenters. The third-order valence-electron chi connectivity index (χ3n) is 11.7. The molecule has 0 saturated heterocycles. The summed E-state index contributed by atoms with van der Waals surface area (Å²) < 4.78 is 9.10. The highest BCUT2D eigenvalue weighted by Crippen LogP contribution is 2.44. The number of furan rings is 1. The van der Waals surface area contributed by atoms with Gasteiger partial charge in [0, 0.05) is 47.5 Å². The zero-order valence-corrected chi connectivity index (χ0v) is 33.2. The summed E-state index contributed by atoms with van der Waals surface area (Å²) >= 11 is 1.81. The van der Waals surface area contributed by atoms with Gasteiger partial charge in [0.1, 0.15) is 11.2 Å². The van der Waals surface area contributed by atoms with Crippen LogP contribution >= 0.6 is 11.3 Å². The third-order valence-corrected chi connectivity index (χ3v) is 12.8. The Balaban J connectivity index is 1.02. The second-order valence-corrected chi connectivity index (χ2v) is 16.4. The van der Waals surface area contributed by atoms with Crippen molar-refractivity contribution in [1.29, 1.82) is 0 Å². The van der Waals surface area contributed by atoms with E-state index in [9.17, 15) is 0 Å². The Morgan fingerprint density at radius 1 is 0.350 bits per heavy atom. The molecule has 12 rings (SSSR count). The molecule has 0 N–H and O–H groups in total. The number of rotatable bonds is 6. The molecule has 0 aliphatic rings. The first-order valence-corrected chi connectivity index (χ1v) is 21.0. The molecule has 0 aliphatic heterocycles. The predicted molar refractivity (Wildman–Crippen MR) is 252 cm³/mol. The van der Waals surface area contributed by atoms with Crippen molar-refractivity contribution in [1.82, 2.24) is 9.97 Å². The quantitative estimate of drug-likeness (QED) is 0.169. The van der Waals surface area contributed by atoms with Gasteiger partial charge in [-0.25, -0.2) is 9.97 Å². The molecule has 0 saturated carbocycles. The Morgan fingerprint density at radius 3 is 1.62 bits per heavy atom. The number of nitrogens with zero attached hydrogens (tertiary/aromatic N) is 2. The lowest BCUT2D eigenvalue weighted by Crippen LogP contribution is -1.96. The van der Waals surface area contributed by atoms with E-state index < -0.39 is 0 Å². The summed E-state index contributed by atoms with van der Waals surface area (Å²) in [6.45, 7) is 0. The largest absolute Gasteiger partial charge is 0.455 e. The molecule has 9 aromatic carbocycles. The van der Waals surface area contributed by atoms with Crippen LogP contribution in [0.4, 0.5) is 0 Å². The fraction of sp³-hybridized carbons (Fsp3) is 0. The van der Waals surface area contributed by atoms with Crippen molar-refractivity contribution in [3.05, 3.63) is 206 Å². The van der Waals surface area contributed by atoms with Crippen LogP contribution < -0.4 is 0 Å². The Labute approximate surface area is 350 Å². The van der Waals surface area contributed by atoms with Crippen molar-refractivity contribution in [3.63, 3.8) is 0 Å². The van der Waals surface area contributed by atoms with Gasteiger partial charge in [0.25, 0.3) is 0 Å². The van der Waals surface area contributed by atoms with Gasteiger partial charge in [0.2, 0.25) is 0 Å². The molecular formula is C56H34N2OS. The number of para-hydroxylation sites is 2. The van der Waals surface area contributed by atoms with Crippen molar-refractivity contribution < 1.29 is 4.42 Å². The van der Waals surface area contributed by atoms with Gasteiger partial charge in [0.15, 0.2) is 5.82 Å². The lowest BCUT2D eigenvalue weighted by Gasteiger charge is -2.13. The number of aromatic nitrogens is 2. The van der Waals surface area contributed by atoms with Crippen LogP contribution in [0.5, 0.6) is 0 Å². The van der Waals surface area contributed by atoms with Crippen LogP contribution in [0.25, 0.3) is 120 Å². The molecule has 0 amide bonds. The average molecular weight is 783 g/mol. The molecule has 280 valence electrons. The molecule has 0 aliphatic carbocycles. The molecule has 0 radical (unpaired) electrons. The van der Waals surface area contributed by atoms with Crippen molar-refractivity contribution in [2.45, 2.75) is 0 Å². The van der Waals surface area contributed by atoms with Crippen LogP contribution in [0, 0.1) is 0 Å². The Bertz CT molecular complexity index is 3550. The minimum atomic E-state index is 0.672. The monoisotopic (exact) mass is 782 g/mol. The molecule has 0 spiro atoms. The van der Waals surface area contributed by atoms with Gasteiger partial charge in [-0.15, -0.1) is 11.3 Å². The van der Waals surface area contributed by atoms with Crippen LogP contribution in [0.1, 0.15) is 0 Å². The first-order chi connectivity index (χ1) is 29.7. The highest BCUT2D eigenvalue weighted by Gasteiger charge is 2.21. The summed E-state index contributed by atoms with van der Waals surface area (Å²) in [6, 6.07) is 73.3. The molecule has 3 aromatic heterocycles. The third kappa shape index (κ3) is 5.80. The second-order valence-electron chi connectivity index (χ2n) is 15.3. The standard InChI is InChI=1S/C56H34N2OS/c1-3-14-35(15-4-1)41-32-42(36-16-5-2-6-17-36)34-43(33-41)39-20-11-18-37(30-39)38-19-12-21-40(31-38)56-57-48-28-29-51-52(46-23-8-10-27-50(46)60-51)53(48)54(58-56)47-25-13-24-45-44-22-7-9-26-49(44)59-55(45)47/h1-34H. The summed E-state index contributed by atoms with van der Waals surface area (Å²) in [5, 5.41) is 5.60. The Kier molecular flexibility index (Phi) is 8.03. The molecule has 3 nitrogen and oxygen atoms in total. The normalized spacial score (nSPS) is 11.7. The maximum atomic E-state index is 6.65. The van der Waals surface area contributed by atoms with E-state index in [0.29, 0.717) is 5.82 Å². The minimum absolute atomic E-state index is 0.672. The summed E-state index contributed by atoms with van der Waals surface area (Å²) in [5.74, 6) is 0.672. The van der Waals surface area contributed by atoms with Gasteiger partial charge in [0.05, 0.1) is 11.2 Å². The molecule has 0 bridgehead atoms. The highest BCUT2D eigenvalue weighted by atomic mass is 32.1. The van der Waals surface area contributed by atoms with Crippen LogP contribution in [-0.2, 0) is 0 Å². The van der Waals surface area contributed by atoms with E-state index in [2.05, 4.69) is 194 Å². The van der Waals surface area contributed by atoms with E-state index in [1.165, 1.54) is 48.0 Å². The Hall–Kier alpha value is -7.66. The van der Waals surface area contributed by atoms with E-state index in [0.717, 1.165) is 66.4 Å². The van der Waals surface area contributed by atoms with Gasteiger partial charge in [-0.05, 0) is 105 Å². The van der Waals surface area contributed by atoms with E-state index in [1.54, 1.807) is 0 Å². The lowest BCUT2D eigenvalue weighted by molar-refractivity contribution is 0.670. The van der Waals surface area contributed by atoms with Crippen LogP contribution in [0.3, 0.4) is 0 Å². The Morgan fingerprint density at radius 2 is 0.883 bits per heavy atom.